The van der Waals surface area contributed by atoms with Crippen LogP contribution in [0.5, 0.6) is 5.88 Å². The summed E-state index contributed by atoms with van der Waals surface area (Å²) in [4.78, 5) is 19.2. The zero-order valence-corrected chi connectivity index (χ0v) is 10.0. The number of ether oxygens (including phenoxy) is 1. The number of likely N-dealkylation sites (tertiary alicyclic amines) is 1. The number of halogens is 2. The quantitative estimate of drug-likeness (QED) is 0.830. The molecular formula is C10H11ClFN3O3. The van der Waals surface area contributed by atoms with Gasteiger partial charge in [-0.2, -0.15) is 0 Å². The van der Waals surface area contributed by atoms with Gasteiger partial charge in [0.2, 0.25) is 5.88 Å². The predicted molar refractivity (Wildman–Crippen MR) is 60.6 cm³/mol. The van der Waals surface area contributed by atoms with Crippen molar-refractivity contribution >= 4 is 17.7 Å². The molecule has 1 amide bonds. The number of rotatable bonds is 2. The van der Waals surface area contributed by atoms with E-state index >= 15 is 0 Å². The Morgan fingerprint density at radius 2 is 2.39 bits per heavy atom. The fraction of sp³-hybridized carbons (Fsp3) is 0.500. The Morgan fingerprint density at radius 1 is 1.61 bits per heavy atom. The van der Waals surface area contributed by atoms with Crippen molar-refractivity contribution in [3.8, 4) is 5.88 Å². The van der Waals surface area contributed by atoms with Crippen LogP contribution in [0.2, 0.25) is 5.15 Å². The first kappa shape index (κ1) is 12.8. The van der Waals surface area contributed by atoms with Crippen molar-refractivity contribution in [3.63, 3.8) is 0 Å². The van der Waals surface area contributed by atoms with Crippen LogP contribution in [0.3, 0.4) is 0 Å². The van der Waals surface area contributed by atoms with Crippen LogP contribution in [0.1, 0.15) is 6.42 Å². The minimum atomic E-state index is -1.39. The second kappa shape index (κ2) is 5.34. The van der Waals surface area contributed by atoms with Crippen molar-refractivity contribution < 1.29 is 19.0 Å². The van der Waals surface area contributed by atoms with Gasteiger partial charge in [0.25, 0.3) is 0 Å². The molecule has 0 saturated carbocycles. The lowest BCUT2D eigenvalue weighted by atomic mass is 10.1. The maximum Gasteiger partial charge on any atom is 0.407 e. The van der Waals surface area contributed by atoms with Crippen LogP contribution < -0.4 is 4.74 Å². The second-order valence-electron chi connectivity index (χ2n) is 3.87. The maximum atomic E-state index is 13.7. The van der Waals surface area contributed by atoms with Crippen molar-refractivity contribution in [2.24, 2.45) is 0 Å². The average molecular weight is 276 g/mol. The van der Waals surface area contributed by atoms with Crippen LogP contribution >= 0.6 is 11.6 Å². The molecule has 1 N–H and O–H groups in total. The number of nitrogens with zero attached hydrogens (tertiary/aromatic N) is 3. The van der Waals surface area contributed by atoms with Gasteiger partial charge in [-0.25, -0.2) is 19.2 Å². The van der Waals surface area contributed by atoms with Gasteiger partial charge in [-0.1, -0.05) is 11.6 Å². The molecule has 2 heterocycles. The van der Waals surface area contributed by atoms with Crippen LogP contribution in [-0.2, 0) is 0 Å². The number of hydrogen-bond donors (Lipinski definition) is 1. The molecule has 18 heavy (non-hydrogen) atoms. The minimum absolute atomic E-state index is 0.187. The molecule has 0 bridgehead atoms. The van der Waals surface area contributed by atoms with E-state index in [0.717, 1.165) is 4.90 Å². The fourth-order valence-electron chi connectivity index (χ4n) is 1.73. The highest BCUT2D eigenvalue weighted by Crippen LogP contribution is 2.20. The van der Waals surface area contributed by atoms with Crippen LogP contribution in [0.15, 0.2) is 12.4 Å². The summed E-state index contributed by atoms with van der Waals surface area (Å²) < 4.78 is 19.1. The summed E-state index contributed by atoms with van der Waals surface area (Å²) >= 11 is 5.65. The fourth-order valence-corrected chi connectivity index (χ4v) is 1.86. The molecule has 0 aliphatic carbocycles. The van der Waals surface area contributed by atoms with E-state index in [9.17, 15) is 9.18 Å². The Kier molecular flexibility index (Phi) is 3.81. The molecule has 0 unspecified atom stereocenters. The van der Waals surface area contributed by atoms with E-state index in [2.05, 4.69) is 9.97 Å². The van der Waals surface area contributed by atoms with E-state index in [4.69, 9.17) is 21.4 Å². The Morgan fingerprint density at radius 3 is 3.00 bits per heavy atom. The SMILES string of the molecule is O=C(O)N1CC[C@H](Oc2cc(Cl)ncn2)[C@H](F)C1. The van der Waals surface area contributed by atoms with Gasteiger partial charge < -0.3 is 14.7 Å². The van der Waals surface area contributed by atoms with E-state index in [1.807, 2.05) is 0 Å². The molecule has 0 spiro atoms. The number of piperidine rings is 1. The minimum Gasteiger partial charge on any atom is -0.471 e. The molecule has 1 saturated heterocycles. The van der Waals surface area contributed by atoms with E-state index in [1.54, 1.807) is 0 Å². The molecule has 98 valence electrons. The lowest BCUT2D eigenvalue weighted by molar-refractivity contribution is 0.0226. The molecule has 2 atom stereocenters. The first-order valence-corrected chi connectivity index (χ1v) is 5.70. The molecule has 1 aliphatic rings. The lowest BCUT2D eigenvalue weighted by Crippen LogP contribution is -2.48. The smallest absolute Gasteiger partial charge is 0.407 e. The van der Waals surface area contributed by atoms with Crippen LogP contribution in [-0.4, -0.2) is 51.4 Å². The van der Waals surface area contributed by atoms with E-state index < -0.39 is 18.4 Å². The summed E-state index contributed by atoms with van der Waals surface area (Å²) in [5.74, 6) is 0.187. The average Bonchev–Trinajstić information content (AvgIpc) is 2.31. The van der Waals surface area contributed by atoms with Gasteiger partial charge in [-0.05, 0) is 0 Å². The third-order valence-electron chi connectivity index (χ3n) is 2.63. The molecule has 2 rings (SSSR count). The van der Waals surface area contributed by atoms with Gasteiger partial charge in [-0.3, -0.25) is 0 Å². The van der Waals surface area contributed by atoms with Crippen LogP contribution in [0.25, 0.3) is 0 Å². The van der Waals surface area contributed by atoms with Gasteiger partial charge in [0.15, 0.2) is 6.17 Å². The normalized spacial score (nSPS) is 23.8. The summed E-state index contributed by atoms with van der Waals surface area (Å²) in [6.07, 6.45) is -1.73. The molecule has 1 aromatic heterocycles. The number of alkyl halides is 1. The first-order chi connectivity index (χ1) is 8.56. The largest absolute Gasteiger partial charge is 0.471 e. The molecule has 1 aromatic rings. The Balaban J connectivity index is 1.97. The predicted octanol–water partition coefficient (Wildman–Crippen LogP) is 1.60. The van der Waals surface area contributed by atoms with Gasteiger partial charge in [0.05, 0.1) is 6.54 Å². The summed E-state index contributed by atoms with van der Waals surface area (Å²) in [5.41, 5.74) is 0. The van der Waals surface area contributed by atoms with Crippen molar-refractivity contribution in [1.29, 1.82) is 0 Å². The van der Waals surface area contributed by atoms with E-state index in [0.29, 0.717) is 0 Å². The van der Waals surface area contributed by atoms with E-state index in [1.165, 1.54) is 12.4 Å². The zero-order chi connectivity index (χ0) is 13.1. The maximum absolute atomic E-state index is 13.7. The highest BCUT2D eigenvalue weighted by atomic mass is 35.5. The van der Waals surface area contributed by atoms with Crippen molar-refractivity contribution in [2.75, 3.05) is 13.1 Å². The molecule has 0 aromatic carbocycles. The summed E-state index contributed by atoms with van der Waals surface area (Å²) in [5, 5.41) is 8.96. The van der Waals surface area contributed by atoms with Crippen LogP contribution in [0, 0.1) is 0 Å². The Bertz CT molecular complexity index is 448. The van der Waals surface area contributed by atoms with Crippen LogP contribution in [0.4, 0.5) is 9.18 Å². The van der Waals surface area contributed by atoms with Crippen molar-refractivity contribution in [1.82, 2.24) is 14.9 Å². The van der Waals surface area contributed by atoms with Gasteiger partial charge >= 0.3 is 6.09 Å². The molecule has 0 radical (unpaired) electrons. The topological polar surface area (TPSA) is 75.5 Å². The molecule has 6 nitrogen and oxygen atoms in total. The van der Waals surface area contributed by atoms with E-state index in [-0.39, 0.29) is 30.5 Å². The summed E-state index contributed by atoms with van der Waals surface area (Å²) in [6.45, 7) is 0.0397. The lowest BCUT2D eigenvalue weighted by Gasteiger charge is -2.32. The van der Waals surface area contributed by atoms with Crippen molar-refractivity contribution in [3.05, 3.63) is 17.5 Å². The second-order valence-corrected chi connectivity index (χ2v) is 4.26. The standard InChI is InChI=1S/C10H11ClFN3O3/c11-8-3-9(14-5-13-8)18-7-1-2-15(10(16)17)4-6(7)12/h3,5-7H,1-2,4H2,(H,16,17)/t6-,7+/m1/s1. The highest BCUT2D eigenvalue weighted by molar-refractivity contribution is 6.29. The van der Waals surface area contributed by atoms with Gasteiger partial charge in [0.1, 0.15) is 17.6 Å². The molecule has 1 fully saturated rings. The molecular weight excluding hydrogens is 265 g/mol. The number of aromatic nitrogens is 2. The van der Waals surface area contributed by atoms with Gasteiger partial charge in [0, 0.05) is 19.0 Å². The molecule has 8 heteroatoms. The Labute approximate surface area is 107 Å². The third-order valence-corrected chi connectivity index (χ3v) is 2.84. The Hall–Kier alpha value is -1.63. The monoisotopic (exact) mass is 275 g/mol. The number of amides is 1. The van der Waals surface area contributed by atoms with Crippen molar-refractivity contribution in [2.45, 2.75) is 18.7 Å². The highest BCUT2D eigenvalue weighted by Gasteiger charge is 2.33. The first-order valence-electron chi connectivity index (χ1n) is 5.32. The number of carbonyl (C=O) groups is 1. The molecule has 1 aliphatic heterocycles. The zero-order valence-electron chi connectivity index (χ0n) is 9.29. The third kappa shape index (κ3) is 2.98. The number of hydrogen-bond acceptors (Lipinski definition) is 4. The number of carboxylic acid groups (broad SMARTS) is 1. The summed E-state index contributed by atoms with van der Waals surface area (Å²) in [6, 6.07) is 1.39. The summed E-state index contributed by atoms with van der Waals surface area (Å²) in [7, 11) is 0. The van der Waals surface area contributed by atoms with Gasteiger partial charge in [-0.15, -0.1) is 0 Å².